The molecule has 0 amide bonds. The number of hydrogen-bond acceptors (Lipinski definition) is 1. The van der Waals surface area contributed by atoms with Crippen molar-refractivity contribution in [3.8, 4) is 5.75 Å². The van der Waals surface area contributed by atoms with Crippen molar-refractivity contribution in [2.45, 2.75) is 86.0 Å². The van der Waals surface area contributed by atoms with E-state index in [1.807, 2.05) is 0 Å². The molecule has 2 aromatic carbocycles. The van der Waals surface area contributed by atoms with Crippen molar-refractivity contribution in [1.29, 1.82) is 0 Å². The van der Waals surface area contributed by atoms with E-state index in [1.54, 1.807) is 0 Å². The van der Waals surface area contributed by atoms with E-state index >= 15 is 0 Å². The molecular formula is C25H34OWY-2. The second-order valence-corrected chi connectivity index (χ2v) is 9.64. The topological polar surface area (TPSA) is 20.2 Å². The van der Waals surface area contributed by atoms with E-state index in [-0.39, 0.29) is 64.6 Å². The first-order chi connectivity index (χ1) is 11.8. The minimum Gasteiger partial charge on any atom is -0.507 e. The van der Waals surface area contributed by atoms with Gasteiger partial charge in [0, 0.05) is 53.8 Å². The van der Waals surface area contributed by atoms with Crippen LogP contribution in [0.3, 0.4) is 0 Å². The maximum absolute atomic E-state index is 10.9. The normalized spacial score (nSPS) is 11.6. The average Bonchev–Trinajstić information content (AvgIpc) is 2.48. The molecule has 1 radical (unpaired) electrons. The number of benzene rings is 2. The van der Waals surface area contributed by atoms with Crippen LogP contribution in [-0.2, 0) is 77.4 Å². The quantitative estimate of drug-likeness (QED) is 0.399. The van der Waals surface area contributed by atoms with Crippen LogP contribution in [0.5, 0.6) is 5.75 Å². The SMILES string of the molecule is Cc1[c-]c(C)c(CCc2cc(C(C)(C)C)c(O)c(C(C)(C)C)c2)[c-]c1C.[W].[Y]. The summed E-state index contributed by atoms with van der Waals surface area (Å²) in [5.41, 5.74) is 7.98. The van der Waals surface area contributed by atoms with Crippen LogP contribution in [0.1, 0.15) is 80.5 Å². The third-order valence-electron chi connectivity index (χ3n) is 5.18. The molecule has 0 atom stereocenters. The largest absolute Gasteiger partial charge is 0.507 e. The molecule has 0 saturated carbocycles. The Labute approximate surface area is 212 Å². The van der Waals surface area contributed by atoms with E-state index in [9.17, 15) is 5.11 Å². The van der Waals surface area contributed by atoms with E-state index in [0.29, 0.717) is 5.75 Å². The van der Waals surface area contributed by atoms with Gasteiger partial charge in [-0.2, -0.15) is 0 Å². The minimum atomic E-state index is -0.0869. The van der Waals surface area contributed by atoms with Crippen molar-refractivity contribution in [3.05, 3.63) is 63.2 Å². The van der Waals surface area contributed by atoms with Crippen LogP contribution in [-0.4, -0.2) is 5.11 Å². The Kier molecular flexibility index (Phi) is 10.4. The van der Waals surface area contributed by atoms with Crippen molar-refractivity contribution in [1.82, 2.24) is 0 Å². The molecule has 2 rings (SSSR count). The molecule has 151 valence electrons. The molecule has 0 unspecified atom stereocenters. The number of phenols is 1. The molecule has 1 N–H and O–H groups in total. The molecule has 2 aromatic rings. The Morgan fingerprint density at radius 3 is 1.61 bits per heavy atom. The third kappa shape index (κ3) is 6.78. The summed E-state index contributed by atoms with van der Waals surface area (Å²) < 4.78 is 0. The first-order valence-corrected chi connectivity index (χ1v) is 9.59. The van der Waals surface area contributed by atoms with Gasteiger partial charge in [-0.05, 0) is 33.9 Å². The summed E-state index contributed by atoms with van der Waals surface area (Å²) in [6.07, 6.45) is 1.89. The van der Waals surface area contributed by atoms with Gasteiger partial charge in [-0.1, -0.05) is 60.1 Å². The fraction of sp³-hybridized carbons (Fsp3) is 0.520. The van der Waals surface area contributed by atoms with Gasteiger partial charge in [0.2, 0.25) is 0 Å². The summed E-state index contributed by atoms with van der Waals surface area (Å²) in [5.74, 6) is 0.455. The molecule has 0 fully saturated rings. The average molecular weight is 623 g/mol. The van der Waals surface area contributed by atoms with Crippen LogP contribution in [0, 0.1) is 32.9 Å². The maximum atomic E-state index is 10.9. The summed E-state index contributed by atoms with van der Waals surface area (Å²) in [7, 11) is 0. The van der Waals surface area contributed by atoms with E-state index in [4.69, 9.17) is 0 Å². The minimum absolute atomic E-state index is 0. The molecule has 0 aliphatic heterocycles. The molecule has 0 bridgehead atoms. The molecule has 1 nitrogen and oxygen atoms in total. The Morgan fingerprint density at radius 1 is 0.750 bits per heavy atom. The first kappa shape index (κ1) is 28.0. The van der Waals surface area contributed by atoms with Gasteiger partial charge in [-0.3, -0.25) is 22.3 Å². The Bertz CT molecular complexity index is 776. The van der Waals surface area contributed by atoms with Gasteiger partial charge in [0.1, 0.15) is 5.75 Å². The van der Waals surface area contributed by atoms with Crippen molar-refractivity contribution < 1.29 is 58.9 Å². The summed E-state index contributed by atoms with van der Waals surface area (Å²) in [6.45, 7) is 19.3. The molecule has 0 aliphatic carbocycles. The van der Waals surface area contributed by atoms with Crippen molar-refractivity contribution in [2.24, 2.45) is 0 Å². The fourth-order valence-corrected chi connectivity index (χ4v) is 3.37. The van der Waals surface area contributed by atoms with Gasteiger partial charge in [-0.25, -0.2) is 0 Å². The molecule has 0 aromatic heterocycles. The van der Waals surface area contributed by atoms with Gasteiger partial charge in [0.25, 0.3) is 0 Å². The summed E-state index contributed by atoms with van der Waals surface area (Å²) in [4.78, 5) is 0. The fourth-order valence-electron chi connectivity index (χ4n) is 3.37. The zero-order valence-corrected chi connectivity index (χ0v) is 24.8. The summed E-state index contributed by atoms with van der Waals surface area (Å²) >= 11 is 0. The molecule has 0 heterocycles. The number of aryl methyl sites for hydroxylation is 5. The van der Waals surface area contributed by atoms with Crippen LogP contribution in [0.2, 0.25) is 0 Å². The zero-order chi connectivity index (χ0) is 19.9. The number of rotatable bonds is 3. The van der Waals surface area contributed by atoms with Crippen molar-refractivity contribution >= 4 is 0 Å². The number of phenolic OH excluding ortho intramolecular Hbond substituents is 1. The van der Waals surface area contributed by atoms with E-state index in [0.717, 1.165) is 24.0 Å². The van der Waals surface area contributed by atoms with Crippen LogP contribution in [0.15, 0.2) is 12.1 Å². The van der Waals surface area contributed by atoms with Gasteiger partial charge in [0.15, 0.2) is 0 Å². The zero-order valence-electron chi connectivity index (χ0n) is 19.0. The molecule has 3 heteroatoms. The van der Waals surface area contributed by atoms with Gasteiger partial charge in [0.05, 0.1) is 0 Å². The van der Waals surface area contributed by atoms with Crippen molar-refractivity contribution in [3.63, 3.8) is 0 Å². The number of aromatic hydroxyl groups is 1. The maximum Gasteiger partial charge on any atom is 0.123 e. The van der Waals surface area contributed by atoms with E-state index < -0.39 is 0 Å². The Hall–Kier alpha value is 0.0322. The molecule has 0 aliphatic rings. The summed E-state index contributed by atoms with van der Waals surface area (Å²) in [6, 6.07) is 11.4. The second-order valence-electron chi connectivity index (χ2n) is 9.64. The Balaban J connectivity index is 0.00000364. The standard InChI is InChI=1S/C25H34O.W.Y/c1-16-12-18(3)20(13-17(16)2)11-10-19-14-21(24(4,5)6)23(26)22(15-19)25(7,8)9;;/h14-15,26H,10-11H2,1-9H3;;/q-2;;. The molecular weight excluding hydrogens is 589 g/mol. The Morgan fingerprint density at radius 2 is 1.18 bits per heavy atom. The predicted molar refractivity (Wildman–Crippen MR) is 111 cm³/mol. The van der Waals surface area contributed by atoms with E-state index in [1.165, 1.54) is 27.8 Å². The predicted octanol–water partition coefficient (Wildman–Crippen LogP) is 6.29. The van der Waals surface area contributed by atoms with Crippen LogP contribution >= 0.6 is 0 Å². The van der Waals surface area contributed by atoms with Gasteiger partial charge < -0.3 is 17.2 Å². The second kappa shape index (κ2) is 10.4. The van der Waals surface area contributed by atoms with Gasteiger partial charge >= 0.3 is 0 Å². The van der Waals surface area contributed by atoms with Crippen LogP contribution < -0.4 is 0 Å². The van der Waals surface area contributed by atoms with Crippen LogP contribution in [0.25, 0.3) is 0 Å². The monoisotopic (exact) mass is 623 g/mol. The smallest absolute Gasteiger partial charge is 0.123 e. The summed E-state index contributed by atoms with van der Waals surface area (Å²) in [5, 5.41) is 10.9. The van der Waals surface area contributed by atoms with Crippen LogP contribution in [0.4, 0.5) is 0 Å². The van der Waals surface area contributed by atoms with Crippen molar-refractivity contribution in [2.75, 3.05) is 0 Å². The first-order valence-electron chi connectivity index (χ1n) is 9.59. The number of hydrogen-bond donors (Lipinski definition) is 1. The van der Waals surface area contributed by atoms with Gasteiger partial charge in [-0.15, -0.1) is 20.8 Å². The molecule has 0 saturated heterocycles. The molecule has 0 spiro atoms. The molecule has 28 heavy (non-hydrogen) atoms. The van der Waals surface area contributed by atoms with E-state index in [2.05, 4.69) is 86.6 Å². The third-order valence-corrected chi connectivity index (χ3v) is 5.18.